The van der Waals surface area contributed by atoms with Gasteiger partial charge < -0.3 is 9.84 Å². The molecule has 1 N–H and O–H groups in total. The third kappa shape index (κ3) is 3.65. The lowest BCUT2D eigenvalue weighted by atomic mass is 9.99. The van der Waals surface area contributed by atoms with E-state index in [0.717, 1.165) is 4.47 Å². The molecule has 0 aromatic heterocycles. The predicted octanol–water partition coefficient (Wildman–Crippen LogP) is 4.03. The molecule has 0 saturated heterocycles. The maximum atomic E-state index is 10.1. The van der Waals surface area contributed by atoms with Gasteiger partial charge in [-0.3, -0.25) is 0 Å². The third-order valence-electron chi connectivity index (χ3n) is 2.71. The molecule has 1 aromatic rings. The van der Waals surface area contributed by atoms with E-state index >= 15 is 0 Å². The molecule has 1 aromatic carbocycles. The van der Waals surface area contributed by atoms with Crippen molar-refractivity contribution in [1.29, 1.82) is 0 Å². The Morgan fingerprint density at radius 2 is 2.00 bits per heavy atom. The molecule has 0 atom stereocenters. The van der Waals surface area contributed by atoms with Gasteiger partial charge in [0.15, 0.2) is 0 Å². The van der Waals surface area contributed by atoms with Crippen molar-refractivity contribution >= 4 is 27.5 Å². The minimum absolute atomic E-state index is 0.265. The molecule has 4 heteroatoms. The van der Waals surface area contributed by atoms with Gasteiger partial charge >= 0.3 is 0 Å². The Morgan fingerprint density at radius 3 is 2.50 bits per heavy atom. The van der Waals surface area contributed by atoms with E-state index in [1.165, 1.54) is 0 Å². The van der Waals surface area contributed by atoms with Crippen molar-refractivity contribution in [2.75, 3.05) is 6.61 Å². The number of ether oxygens (including phenoxy) is 1. The summed E-state index contributed by atoms with van der Waals surface area (Å²) in [6.07, 6.45) is 1.33. The molecule has 0 aliphatic heterocycles. The zero-order valence-corrected chi connectivity index (χ0v) is 11.8. The van der Waals surface area contributed by atoms with Gasteiger partial charge in [0.1, 0.15) is 12.4 Å². The SMILES string of the molecule is CCC(O)(CC)COc1ccc(Br)cc1Cl. The van der Waals surface area contributed by atoms with Crippen molar-refractivity contribution in [1.82, 2.24) is 0 Å². The second-order valence-corrected chi connectivity index (χ2v) is 5.12. The van der Waals surface area contributed by atoms with Crippen LogP contribution < -0.4 is 4.74 Å². The first-order valence-corrected chi connectivity index (χ1v) is 6.48. The van der Waals surface area contributed by atoms with Crippen LogP contribution in [0.25, 0.3) is 0 Å². The van der Waals surface area contributed by atoms with E-state index in [1.807, 2.05) is 19.9 Å². The maximum Gasteiger partial charge on any atom is 0.138 e. The maximum absolute atomic E-state index is 10.1. The van der Waals surface area contributed by atoms with Crippen LogP contribution in [0.4, 0.5) is 0 Å². The Morgan fingerprint density at radius 1 is 1.38 bits per heavy atom. The van der Waals surface area contributed by atoms with Crippen LogP contribution in [0.2, 0.25) is 5.02 Å². The average Bonchev–Trinajstić information content (AvgIpc) is 2.27. The number of benzene rings is 1. The summed E-state index contributed by atoms with van der Waals surface area (Å²) in [6, 6.07) is 5.42. The normalized spacial score (nSPS) is 11.6. The first kappa shape index (κ1) is 13.8. The van der Waals surface area contributed by atoms with Gasteiger partial charge in [-0.1, -0.05) is 41.4 Å². The third-order valence-corrected chi connectivity index (χ3v) is 3.50. The van der Waals surface area contributed by atoms with E-state index in [1.54, 1.807) is 12.1 Å². The van der Waals surface area contributed by atoms with Crippen LogP contribution in [-0.2, 0) is 0 Å². The van der Waals surface area contributed by atoms with E-state index in [0.29, 0.717) is 23.6 Å². The second kappa shape index (κ2) is 5.89. The summed E-state index contributed by atoms with van der Waals surface area (Å²) in [5.74, 6) is 0.602. The number of rotatable bonds is 5. The van der Waals surface area contributed by atoms with Crippen LogP contribution in [0.15, 0.2) is 22.7 Å². The second-order valence-electron chi connectivity index (χ2n) is 3.79. The molecule has 0 spiro atoms. The number of hydrogen-bond donors (Lipinski definition) is 1. The standard InChI is InChI=1S/C12H16BrClO2/c1-3-12(15,4-2)8-16-11-6-5-9(13)7-10(11)14/h5-7,15H,3-4,8H2,1-2H3. The van der Waals surface area contributed by atoms with E-state index in [-0.39, 0.29) is 6.61 Å². The summed E-state index contributed by atoms with van der Waals surface area (Å²) in [6.45, 7) is 4.15. The average molecular weight is 308 g/mol. The molecule has 0 saturated carbocycles. The molecule has 0 aliphatic carbocycles. The minimum atomic E-state index is -0.767. The van der Waals surface area contributed by atoms with E-state index < -0.39 is 5.60 Å². The van der Waals surface area contributed by atoms with Crippen LogP contribution in [-0.4, -0.2) is 17.3 Å². The molecule has 0 heterocycles. The minimum Gasteiger partial charge on any atom is -0.489 e. The van der Waals surface area contributed by atoms with Crippen LogP contribution in [0.3, 0.4) is 0 Å². The predicted molar refractivity (Wildman–Crippen MR) is 70.2 cm³/mol. The lowest BCUT2D eigenvalue weighted by Crippen LogP contribution is -2.34. The Balaban J connectivity index is 2.67. The fraction of sp³-hybridized carbons (Fsp3) is 0.500. The summed E-state index contributed by atoms with van der Waals surface area (Å²) >= 11 is 9.33. The summed E-state index contributed by atoms with van der Waals surface area (Å²) in [5, 5.41) is 10.6. The quantitative estimate of drug-likeness (QED) is 0.890. The smallest absolute Gasteiger partial charge is 0.138 e. The highest BCUT2D eigenvalue weighted by Crippen LogP contribution is 2.29. The zero-order chi connectivity index (χ0) is 12.2. The molecule has 0 radical (unpaired) electrons. The molecule has 2 nitrogen and oxygen atoms in total. The first-order chi connectivity index (χ1) is 7.50. The molecule has 90 valence electrons. The molecular formula is C12H16BrClO2. The number of halogens is 2. The Bertz CT molecular complexity index is 351. The van der Waals surface area contributed by atoms with Crippen LogP contribution in [0.1, 0.15) is 26.7 Å². The first-order valence-electron chi connectivity index (χ1n) is 5.31. The topological polar surface area (TPSA) is 29.5 Å². The molecule has 16 heavy (non-hydrogen) atoms. The summed E-state index contributed by atoms with van der Waals surface area (Å²) in [5.41, 5.74) is -0.767. The van der Waals surface area contributed by atoms with Gasteiger partial charge in [-0.2, -0.15) is 0 Å². The van der Waals surface area contributed by atoms with Crippen molar-refractivity contribution in [3.63, 3.8) is 0 Å². The number of aliphatic hydroxyl groups is 1. The fourth-order valence-electron chi connectivity index (χ4n) is 1.26. The zero-order valence-electron chi connectivity index (χ0n) is 9.46. The van der Waals surface area contributed by atoms with Gasteiger partial charge in [0, 0.05) is 4.47 Å². The Labute approximate surface area is 110 Å². The molecule has 1 rings (SSSR count). The lowest BCUT2D eigenvalue weighted by Gasteiger charge is -2.25. The molecule has 0 unspecified atom stereocenters. The van der Waals surface area contributed by atoms with E-state index in [9.17, 15) is 5.11 Å². The van der Waals surface area contributed by atoms with Crippen molar-refractivity contribution in [3.05, 3.63) is 27.7 Å². The van der Waals surface area contributed by atoms with Crippen molar-refractivity contribution < 1.29 is 9.84 Å². The van der Waals surface area contributed by atoms with Crippen molar-refractivity contribution in [2.45, 2.75) is 32.3 Å². The van der Waals surface area contributed by atoms with Crippen molar-refractivity contribution in [2.24, 2.45) is 0 Å². The van der Waals surface area contributed by atoms with Crippen molar-refractivity contribution in [3.8, 4) is 5.75 Å². The largest absolute Gasteiger partial charge is 0.489 e. The van der Waals surface area contributed by atoms with Gasteiger partial charge in [-0.15, -0.1) is 0 Å². The van der Waals surface area contributed by atoms with E-state index in [2.05, 4.69) is 15.9 Å². The highest BCUT2D eigenvalue weighted by atomic mass is 79.9. The fourth-order valence-corrected chi connectivity index (χ4v) is 1.99. The van der Waals surface area contributed by atoms with Crippen LogP contribution in [0.5, 0.6) is 5.75 Å². The summed E-state index contributed by atoms with van der Waals surface area (Å²) in [7, 11) is 0. The molecular weight excluding hydrogens is 291 g/mol. The van der Waals surface area contributed by atoms with Crippen LogP contribution >= 0.6 is 27.5 Å². The van der Waals surface area contributed by atoms with Gasteiger partial charge in [0.05, 0.1) is 10.6 Å². The highest BCUT2D eigenvalue weighted by molar-refractivity contribution is 9.10. The monoisotopic (exact) mass is 306 g/mol. The molecule has 0 amide bonds. The van der Waals surface area contributed by atoms with Gasteiger partial charge in [-0.25, -0.2) is 0 Å². The van der Waals surface area contributed by atoms with Gasteiger partial charge in [0.2, 0.25) is 0 Å². The van der Waals surface area contributed by atoms with Crippen LogP contribution in [0, 0.1) is 0 Å². The molecule has 0 fully saturated rings. The lowest BCUT2D eigenvalue weighted by molar-refractivity contribution is -0.0113. The summed E-state index contributed by atoms with van der Waals surface area (Å²) < 4.78 is 6.44. The molecule has 0 aliphatic rings. The Hall–Kier alpha value is -0.250. The number of hydrogen-bond acceptors (Lipinski definition) is 2. The highest BCUT2D eigenvalue weighted by Gasteiger charge is 2.23. The van der Waals surface area contributed by atoms with Gasteiger partial charge in [-0.05, 0) is 31.0 Å². The molecule has 0 bridgehead atoms. The van der Waals surface area contributed by atoms with E-state index in [4.69, 9.17) is 16.3 Å². The van der Waals surface area contributed by atoms with Gasteiger partial charge in [0.25, 0.3) is 0 Å². The Kier molecular flexibility index (Phi) is 5.09. The summed E-state index contributed by atoms with van der Waals surface area (Å²) in [4.78, 5) is 0.